The minimum Gasteiger partial charge on any atom is -0.331 e. The number of rotatable bonds is 6. The molecule has 2 aromatic carbocycles. The van der Waals surface area contributed by atoms with Crippen LogP contribution in [0.4, 0.5) is 10.5 Å². The molecule has 0 spiro atoms. The third-order valence-electron chi connectivity index (χ3n) is 6.27. The van der Waals surface area contributed by atoms with Crippen molar-refractivity contribution in [2.24, 2.45) is 0 Å². The van der Waals surface area contributed by atoms with E-state index in [1.165, 1.54) is 11.3 Å². The molecule has 4 rings (SSSR count). The van der Waals surface area contributed by atoms with Crippen LogP contribution in [0.25, 0.3) is 10.9 Å². The van der Waals surface area contributed by atoms with Crippen molar-refractivity contribution in [2.75, 3.05) is 25.0 Å². The number of quaternary nitrogens is 1. The number of likely N-dealkylation sites (tertiary alicyclic amines) is 1. The largest absolute Gasteiger partial charge is 0.331 e. The summed E-state index contributed by atoms with van der Waals surface area (Å²) in [5.41, 5.74) is 3.18. The average Bonchev–Trinajstić information content (AvgIpc) is 3.22. The number of fused-ring (bicyclic) bond motifs is 1. The van der Waals surface area contributed by atoms with E-state index in [-0.39, 0.29) is 18.1 Å². The lowest BCUT2D eigenvalue weighted by Gasteiger charge is -2.28. The van der Waals surface area contributed by atoms with Gasteiger partial charge in [0.15, 0.2) is 0 Å². The maximum absolute atomic E-state index is 13.2. The van der Waals surface area contributed by atoms with Crippen molar-refractivity contribution in [3.63, 3.8) is 0 Å². The Morgan fingerprint density at radius 2 is 2.00 bits per heavy atom. The van der Waals surface area contributed by atoms with E-state index in [9.17, 15) is 9.59 Å². The Bertz CT molecular complexity index is 1110. The molecule has 6 nitrogen and oxygen atoms in total. The summed E-state index contributed by atoms with van der Waals surface area (Å²) in [6.45, 7) is 7.34. The number of likely N-dealkylation sites (N-methyl/N-ethyl adjacent to an activating group) is 1. The Morgan fingerprint density at radius 1 is 1.19 bits per heavy atom. The van der Waals surface area contributed by atoms with Gasteiger partial charge in [-0.1, -0.05) is 29.8 Å². The van der Waals surface area contributed by atoms with Crippen LogP contribution in [0.15, 0.2) is 59.4 Å². The van der Waals surface area contributed by atoms with Crippen LogP contribution in [0, 0.1) is 6.92 Å². The van der Waals surface area contributed by atoms with Gasteiger partial charge in [0, 0.05) is 29.6 Å². The number of aromatic amines is 1. The summed E-state index contributed by atoms with van der Waals surface area (Å²) in [5, 5.41) is 3.99. The van der Waals surface area contributed by atoms with E-state index in [2.05, 4.69) is 23.3 Å². The number of H-pyrrole nitrogens is 1. The van der Waals surface area contributed by atoms with Crippen molar-refractivity contribution >= 4 is 22.6 Å². The molecule has 0 radical (unpaired) electrons. The minimum atomic E-state index is -0.169. The number of aryl methyl sites for hydroxylation is 1. The summed E-state index contributed by atoms with van der Waals surface area (Å²) < 4.78 is 0. The second-order valence-electron chi connectivity index (χ2n) is 8.49. The molecule has 1 aliphatic rings. The molecule has 2 heterocycles. The highest BCUT2D eigenvalue weighted by Crippen LogP contribution is 2.16. The summed E-state index contributed by atoms with van der Waals surface area (Å²) in [7, 11) is 0. The van der Waals surface area contributed by atoms with Gasteiger partial charge >= 0.3 is 6.03 Å². The number of hydrogen-bond donors (Lipinski definition) is 3. The van der Waals surface area contributed by atoms with Crippen LogP contribution in [0.2, 0.25) is 0 Å². The number of anilines is 1. The Hall–Kier alpha value is -3.12. The molecule has 0 aliphatic carbocycles. The summed E-state index contributed by atoms with van der Waals surface area (Å²) >= 11 is 0. The molecule has 2 atom stereocenters. The van der Waals surface area contributed by atoms with E-state index in [1.807, 2.05) is 55.5 Å². The van der Waals surface area contributed by atoms with Crippen molar-refractivity contribution in [3.8, 4) is 0 Å². The van der Waals surface area contributed by atoms with Crippen LogP contribution in [0.5, 0.6) is 0 Å². The Labute approximate surface area is 182 Å². The van der Waals surface area contributed by atoms with Crippen LogP contribution in [0.3, 0.4) is 0 Å². The summed E-state index contributed by atoms with van der Waals surface area (Å²) in [4.78, 5) is 32.3. The highest BCUT2D eigenvalue weighted by molar-refractivity contribution is 5.89. The monoisotopic (exact) mass is 419 g/mol. The van der Waals surface area contributed by atoms with Gasteiger partial charge in [-0.25, -0.2) is 4.79 Å². The molecule has 1 fully saturated rings. The molecule has 3 aromatic rings. The van der Waals surface area contributed by atoms with Gasteiger partial charge in [-0.2, -0.15) is 0 Å². The molecule has 3 N–H and O–H groups in total. The highest BCUT2D eigenvalue weighted by atomic mass is 16.2. The number of carbonyl (C=O) groups excluding carboxylic acids is 1. The van der Waals surface area contributed by atoms with Gasteiger partial charge < -0.3 is 20.1 Å². The number of benzene rings is 2. The van der Waals surface area contributed by atoms with Crippen molar-refractivity contribution in [2.45, 2.75) is 39.3 Å². The summed E-state index contributed by atoms with van der Waals surface area (Å²) in [6.07, 6.45) is 2.28. The van der Waals surface area contributed by atoms with Crippen molar-refractivity contribution in [1.29, 1.82) is 0 Å². The van der Waals surface area contributed by atoms with Gasteiger partial charge in [-0.3, -0.25) is 4.79 Å². The third-order valence-corrected chi connectivity index (χ3v) is 6.27. The topological polar surface area (TPSA) is 69.6 Å². The van der Waals surface area contributed by atoms with E-state index in [1.54, 1.807) is 4.90 Å². The molecule has 0 bridgehead atoms. The number of para-hydroxylation sites is 1. The van der Waals surface area contributed by atoms with E-state index in [0.717, 1.165) is 41.7 Å². The fourth-order valence-corrected chi connectivity index (χ4v) is 4.57. The summed E-state index contributed by atoms with van der Waals surface area (Å²) in [6, 6.07) is 17.6. The van der Waals surface area contributed by atoms with Crippen LogP contribution in [-0.4, -0.2) is 41.6 Å². The second-order valence-corrected chi connectivity index (χ2v) is 8.49. The fourth-order valence-electron chi connectivity index (χ4n) is 4.57. The third kappa shape index (κ3) is 4.97. The molecular formula is C25H31N4O2+. The van der Waals surface area contributed by atoms with E-state index < -0.39 is 0 Å². The van der Waals surface area contributed by atoms with Crippen LogP contribution >= 0.6 is 0 Å². The highest BCUT2D eigenvalue weighted by Gasteiger charge is 2.31. The number of nitrogens with one attached hydrogen (secondary N) is 3. The number of aromatic nitrogens is 1. The predicted molar refractivity (Wildman–Crippen MR) is 125 cm³/mol. The van der Waals surface area contributed by atoms with Crippen LogP contribution in [-0.2, 0) is 6.54 Å². The van der Waals surface area contributed by atoms with Gasteiger partial charge in [0.05, 0.1) is 26.2 Å². The first-order valence-corrected chi connectivity index (χ1v) is 11.1. The Morgan fingerprint density at radius 3 is 2.77 bits per heavy atom. The molecule has 1 aromatic heterocycles. The minimum absolute atomic E-state index is 0.139. The smallest absolute Gasteiger partial charge is 0.322 e. The maximum atomic E-state index is 13.2. The summed E-state index contributed by atoms with van der Waals surface area (Å²) in [5.74, 6) is 0. The Kier molecular flexibility index (Phi) is 6.37. The van der Waals surface area contributed by atoms with Crippen molar-refractivity contribution in [1.82, 2.24) is 9.88 Å². The van der Waals surface area contributed by atoms with Gasteiger partial charge in [0.2, 0.25) is 0 Å². The number of hydrogen-bond acceptors (Lipinski definition) is 2. The molecule has 162 valence electrons. The standard InChI is InChI=1S/C25H30N4O2/c1-3-28-13-7-10-22(28)17-29(25(31)26-21-8-5-4-6-9-21)16-20-15-19-14-18(2)11-12-23(19)27-24(20)30/h4-6,8-9,11-12,14-15,22H,3,7,10,13,16-17H2,1-2H3,(H,26,31)(H,27,30)/p+1/t22-/m0/s1. The predicted octanol–water partition coefficient (Wildman–Crippen LogP) is 2.94. The molecule has 0 saturated carbocycles. The molecule has 6 heteroatoms. The average molecular weight is 420 g/mol. The fraction of sp³-hybridized carbons (Fsp3) is 0.360. The van der Waals surface area contributed by atoms with Crippen LogP contribution < -0.4 is 15.8 Å². The van der Waals surface area contributed by atoms with E-state index in [4.69, 9.17) is 0 Å². The molecular weight excluding hydrogens is 388 g/mol. The quantitative estimate of drug-likeness (QED) is 0.575. The van der Waals surface area contributed by atoms with Gasteiger partial charge in [0.25, 0.3) is 5.56 Å². The molecule has 1 saturated heterocycles. The second kappa shape index (κ2) is 9.35. The lowest BCUT2D eigenvalue weighted by Crippen LogP contribution is -3.14. The zero-order chi connectivity index (χ0) is 21.8. The zero-order valence-corrected chi connectivity index (χ0v) is 18.3. The number of nitrogens with zero attached hydrogens (tertiary/aromatic N) is 1. The van der Waals surface area contributed by atoms with Gasteiger partial charge in [0.1, 0.15) is 6.04 Å². The molecule has 1 aliphatic heterocycles. The number of urea groups is 1. The lowest BCUT2D eigenvalue weighted by molar-refractivity contribution is -0.909. The van der Waals surface area contributed by atoms with Gasteiger partial charge in [-0.05, 0) is 49.6 Å². The molecule has 31 heavy (non-hydrogen) atoms. The first-order valence-electron chi connectivity index (χ1n) is 11.1. The Balaban J connectivity index is 1.61. The number of amides is 2. The maximum Gasteiger partial charge on any atom is 0.322 e. The van der Waals surface area contributed by atoms with Crippen molar-refractivity contribution in [3.05, 3.63) is 76.1 Å². The van der Waals surface area contributed by atoms with E-state index in [0.29, 0.717) is 18.2 Å². The number of carbonyl (C=O) groups is 1. The molecule has 2 amide bonds. The SMILES string of the molecule is CC[NH+]1CCC[C@H]1CN(Cc1cc2cc(C)ccc2[nH]c1=O)C(=O)Nc1ccccc1. The van der Waals surface area contributed by atoms with Gasteiger partial charge in [-0.15, -0.1) is 0 Å². The van der Waals surface area contributed by atoms with Crippen LogP contribution in [0.1, 0.15) is 30.9 Å². The van der Waals surface area contributed by atoms with Crippen molar-refractivity contribution < 1.29 is 9.69 Å². The molecule has 1 unspecified atom stereocenters. The zero-order valence-electron chi connectivity index (χ0n) is 18.3. The van der Waals surface area contributed by atoms with E-state index >= 15 is 0 Å². The first-order chi connectivity index (χ1) is 15.0. The lowest BCUT2D eigenvalue weighted by atomic mass is 10.1. The first kappa shape index (κ1) is 21.1. The normalized spacial score (nSPS) is 18.3. The number of pyridine rings is 1.